The summed E-state index contributed by atoms with van der Waals surface area (Å²) in [6.45, 7) is 4.78. The Balaban J connectivity index is 1.30. The second-order valence-electron chi connectivity index (χ2n) is 7.42. The molecule has 0 amide bonds. The molecule has 5 rings (SSSR count). The first kappa shape index (κ1) is 17.3. The average molecular weight is 401 g/mol. The number of hydrogen-bond donors (Lipinski definition) is 1. The molecule has 5 heterocycles. The van der Waals surface area contributed by atoms with Gasteiger partial charge in [-0.2, -0.15) is 4.98 Å². The standard InChI is InChI=1S/C19H24N6S2/c20-18-22-12-16(26-18)13-10-15-17(21-11-13)23-19(27-15)25-8-4-14(5-9-25)24-6-2-1-3-7-24/h10-12,14H,1-9H2,(H2,20,22). The highest BCUT2D eigenvalue weighted by Gasteiger charge is 2.27. The monoisotopic (exact) mass is 400 g/mol. The molecule has 8 heteroatoms. The van der Waals surface area contributed by atoms with Crippen molar-refractivity contribution in [1.82, 2.24) is 19.9 Å². The summed E-state index contributed by atoms with van der Waals surface area (Å²) in [5.74, 6) is 0. The predicted octanol–water partition coefficient (Wildman–Crippen LogP) is 3.85. The van der Waals surface area contributed by atoms with Gasteiger partial charge in [0.15, 0.2) is 15.9 Å². The van der Waals surface area contributed by atoms with Gasteiger partial charge < -0.3 is 15.5 Å². The summed E-state index contributed by atoms with van der Waals surface area (Å²) in [7, 11) is 0. The molecule has 2 aliphatic rings. The molecule has 2 fully saturated rings. The van der Waals surface area contributed by atoms with E-state index in [1.54, 1.807) is 11.3 Å². The van der Waals surface area contributed by atoms with Crippen molar-refractivity contribution in [2.24, 2.45) is 0 Å². The molecule has 0 bridgehead atoms. The van der Waals surface area contributed by atoms with E-state index in [1.165, 1.54) is 56.5 Å². The van der Waals surface area contributed by atoms with Crippen molar-refractivity contribution in [3.8, 4) is 10.4 Å². The Hall–Kier alpha value is -1.77. The van der Waals surface area contributed by atoms with Crippen LogP contribution in [0.5, 0.6) is 0 Å². The van der Waals surface area contributed by atoms with Crippen molar-refractivity contribution in [3.63, 3.8) is 0 Å². The molecule has 2 saturated heterocycles. The maximum atomic E-state index is 5.76. The summed E-state index contributed by atoms with van der Waals surface area (Å²) in [6.07, 6.45) is 10.3. The third kappa shape index (κ3) is 3.53. The molecule has 142 valence electrons. The lowest BCUT2D eigenvalue weighted by Gasteiger charge is -2.40. The Kier molecular flexibility index (Phi) is 4.71. The number of nitrogens with two attached hydrogens (primary N) is 1. The zero-order valence-electron chi connectivity index (χ0n) is 15.3. The SMILES string of the molecule is Nc1ncc(-c2cnc3nc(N4CCC(N5CCCCC5)CC4)sc3c2)s1. The number of aromatic nitrogens is 3. The first-order valence-corrected chi connectivity index (χ1v) is 11.4. The number of nitrogen functional groups attached to an aromatic ring is 1. The first-order valence-electron chi connectivity index (χ1n) is 9.73. The summed E-state index contributed by atoms with van der Waals surface area (Å²) in [5, 5.41) is 1.70. The quantitative estimate of drug-likeness (QED) is 0.720. The summed E-state index contributed by atoms with van der Waals surface area (Å²) in [4.78, 5) is 19.7. The molecular weight excluding hydrogens is 376 g/mol. The van der Waals surface area contributed by atoms with E-state index >= 15 is 0 Å². The van der Waals surface area contributed by atoms with Gasteiger partial charge in [0.2, 0.25) is 0 Å². The zero-order valence-corrected chi connectivity index (χ0v) is 16.9. The van der Waals surface area contributed by atoms with Gasteiger partial charge in [0.25, 0.3) is 0 Å². The Morgan fingerprint density at radius 2 is 1.78 bits per heavy atom. The van der Waals surface area contributed by atoms with E-state index in [0.29, 0.717) is 5.13 Å². The number of rotatable bonds is 3. The van der Waals surface area contributed by atoms with Crippen molar-refractivity contribution in [2.75, 3.05) is 36.8 Å². The molecule has 2 N–H and O–H groups in total. The highest BCUT2D eigenvalue weighted by Crippen LogP contribution is 2.34. The van der Waals surface area contributed by atoms with E-state index in [2.05, 4.69) is 25.8 Å². The third-order valence-corrected chi connectivity index (χ3v) is 7.61. The van der Waals surface area contributed by atoms with Crippen LogP contribution in [-0.2, 0) is 0 Å². The fourth-order valence-corrected chi connectivity index (χ4v) is 5.89. The van der Waals surface area contributed by atoms with Crippen molar-refractivity contribution in [3.05, 3.63) is 18.5 Å². The van der Waals surface area contributed by atoms with Crippen molar-refractivity contribution in [2.45, 2.75) is 38.1 Å². The van der Waals surface area contributed by atoms with Crippen LogP contribution in [0.1, 0.15) is 32.1 Å². The lowest BCUT2D eigenvalue weighted by atomic mass is 10.0. The summed E-state index contributed by atoms with van der Waals surface area (Å²) >= 11 is 3.24. The largest absolute Gasteiger partial charge is 0.375 e. The van der Waals surface area contributed by atoms with Crippen LogP contribution in [0.25, 0.3) is 20.8 Å². The van der Waals surface area contributed by atoms with Crippen LogP contribution < -0.4 is 10.6 Å². The highest BCUT2D eigenvalue weighted by molar-refractivity contribution is 7.22. The molecule has 3 aromatic heterocycles. The Morgan fingerprint density at radius 1 is 0.963 bits per heavy atom. The molecule has 3 aromatic rings. The van der Waals surface area contributed by atoms with Crippen LogP contribution in [0, 0.1) is 0 Å². The molecule has 0 radical (unpaired) electrons. The lowest BCUT2D eigenvalue weighted by Crippen LogP contribution is -2.46. The minimum atomic E-state index is 0.590. The van der Waals surface area contributed by atoms with Crippen LogP contribution in [0.2, 0.25) is 0 Å². The second-order valence-corrected chi connectivity index (χ2v) is 9.49. The van der Waals surface area contributed by atoms with Gasteiger partial charge in [0.1, 0.15) is 0 Å². The number of likely N-dealkylation sites (tertiary alicyclic amines) is 1. The molecule has 0 spiro atoms. The van der Waals surface area contributed by atoms with Crippen LogP contribution >= 0.6 is 22.7 Å². The number of fused-ring (bicyclic) bond motifs is 1. The van der Waals surface area contributed by atoms with Gasteiger partial charge in [-0.25, -0.2) is 9.97 Å². The molecule has 0 unspecified atom stereocenters. The minimum Gasteiger partial charge on any atom is -0.375 e. The van der Waals surface area contributed by atoms with Crippen LogP contribution in [0.3, 0.4) is 0 Å². The Morgan fingerprint density at radius 3 is 2.52 bits per heavy atom. The van der Waals surface area contributed by atoms with E-state index in [0.717, 1.165) is 45.1 Å². The van der Waals surface area contributed by atoms with Gasteiger partial charge in [0, 0.05) is 37.1 Å². The molecule has 0 saturated carbocycles. The second kappa shape index (κ2) is 7.33. The fourth-order valence-electron chi connectivity index (χ4n) is 4.21. The third-order valence-electron chi connectivity index (χ3n) is 5.69. The summed E-state index contributed by atoms with van der Waals surface area (Å²) in [6, 6.07) is 2.93. The number of piperidine rings is 2. The van der Waals surface area contributed by atoms with Crippen molar-refractivity contribution in [1.29, 1.82) is 0 Å². The van der Waals surface area contributed by atoms with Gasteiger partial charge in [-0.1, -0.05) is 29.1 Å². The summed E-state index contributed by atoms with van der Waals surface area (Å²) < 4.78 is 1.13. The normalized spacial score (nSPS) is 19.8. The number of pyridine rings is 1. The molecule has 0 aromatic carbocycles. The van der Waals surface area contributed by atoms with Gasteiger partial charge in [-0.15, -0.1) is 0 Å². The molecule has 27 heavy (non-hydrogen) atoms. The van der Waals surface area contributed by atoms with E-state index in [4.69, 9.17) is 10.7 Å². The van der Waals surface area contributed by atoms with E-state index in [9.17, 15) is 0 Å². The smallest absolute Gasteiger partial charge is 0.188 e. The maximum Gasteiger partial charge on any atom is 0.188 e. The average Bonchev–Trinajstić information content (AvgIpc) is 3.34. The lowest BCUT2D eigenvalue weighted by molar-refractivity contribution is 0.141. The van der Waals surface area contributed by atoms with Crippen molar-refractivity contribution < 1.29 is 0 Å². The number of anilines is 2. The first-order chi connectivity index (χ1) is 13.3. The van der Waals surface area contributed by atoms with Crippen LogP contribution in [0.4, 0.5) is 10.3 Å². The molecule has 2 aliphatic heterocycles. The zero-order chi connectivity index (χ0) is 18.2. The number of hydrogen-bond acceptors (Lipinski definition) is 8. The van der Waals surface area contributed by atoms with Gasteiger partial charge >= 0.3 is 0 Å². The topological polar surface area (TPSA) is 71.2 Å². The number of nitrogens with zero attached hydrogens (tertiary/aromatic N) is 5. The van der Waals surface area contributed by atoms with Gasteiger partial charge in [0.05, 0.1) is 9.58 Å². The van der Waals surface area contributed by atoms with Gasteiger partial charge in [-0.3, -0.25) is 0 Å². The van der Waals surface area contributed by atoms with Crippen molar-refractivity contribution >= 4 is 43.3 Å². The fraction of sp³-hybridized carbons (Fsp3) is 0.526. The predicted molar refractivity (Wildman–Crippen MR) is 114 cm³/mol. The van der Waals surface area contributed by atoms with Crippen LogP contribution in [0.15, 0.2) is 18.5 Å². The van der Waals surface area contributed by atoms with E-state index in [1.807, 2.05) is 12.4 Å². The van der Waals surface area contributed by atoms with E-state index in [-0.39, 0.29) is 0 Å². The van der Waals surface area contributed by atoms with E-state index < -0.39 is 0 Å². The Bertz CT molecular complexity index is 921. The van der Waals surface area contributed by atoms with Crippen LogP contribution in [-0.4, -0.2) is 52.1 Å². The summed E-state index contributed by atoms with van der Waals surface area (Å²) in [5.41, 5.74) is 7.67. The maximum absolute atomic E-state index is 5.76. The minimum absolute atomic E-state index is 0.590. The molecule has 0 aliphatic carbocycles. The molecule has 6 nitrogen and oxygen atoms in total. The number of thiazole rings is 2. The molecular formula is C19H24N6S2. The van der Waals surface area contributed by atoms with Gasteiger partial charge in [-0.05, 0) is 44.8 Å². The Labute approximate surface area is 167 Å². The highest BCUT2D eigenvalue weighted by atomic mass is 32.1. The molecule has 0 atom stereocenters.